The molecule has 1 heterocycles. The number of nitrogens with two attached hydrogens (primary N) is 1. The lowest BCUT2D eigenvalue weighted by Gasteiger charge is -2.27. The van der Waals surface area contributed by atoms with Crippen LogP contribution in [0.15, 0.2) is 0 Å². The standard InChI is InChI=1S/C10H21NO2/c1-3-10(11,4-2)8-13-9-5-6-12-7-9/h9H,3-8,11H2,1-2H3. The highest BCUT2D eigenvalue weighted by molar-refractivity contribution is 4.81. The fourth-order valence-corrected chi connectivity index (χ4v) is 1.38. The van der Waals surface area contributed by atoms with Gasteiger partial charge in [0.1, 0.15) is 0 Å². The third-order valence-corrected chi connectivity index (χ3v) is 2.90. The molecule has 0 saturated carbocycles. The summed E-state index contributed by atoms with van der Waals surface area (Å²) in [4.78, 5) is 0. The highest BCUT2D eigenvalue weighted by Gasteiger charge is 2.24. The summed E-state index contributed by atoms with van der Waals surface area (Å²) in [5.41, 5.74) is 5.97. The number of hydrogen-bond donors (Lipinski definition) is 1. The van der Waals surface area contributed by atoms with E-state index in [9.17, 15) is 0 Å². The van der Waals surface area contributed by atoms with Crippen LogP contribution in [0.3, 0.4) is 0 Å². The Morgan fingerprint density at radius 2 is 2.15 bits per heavy atom. The molecule has 0 spiro atoms. The van der Waals surface area contributed by atoms with Crippen LogP contribution in [0.1, 0.15) is 33.1 Å². The van der Waals surface area contributed by atoms with E-state index in [2.05, 4.69) is 13.8 Å². The number of ether oxygens (including phenoxy) is 2. The van der Waals surface area contributed by atoms with E-state index < -0.39 is 0 Å². The van der Waals surface area contributed by atoms with Crippen molar-refractivity contribution < 1.29 is 9.47 Å². The van der Waals surface area contributed by atoms with Gasteiger partial charge in [-0.1, -0.05) is 13.8 Å². The SMILES string of the molecule is CCC(N)(CC)COC1CCOC1. The molecule has 0 aromatic heterocycles. The van der Waals surface area contributed by atoms with Crippen LogP contribution in [0.25, 0.3) is 0 Å². The zero-order valence-electron chi connectivity index (χ0n) is 8.71. The Morgan fingerprint density at radius 3 is 2.62 bits per heavy atom. The van der Waals surface area contributed by atoms with Gasteiger partial charge in [-0.3, -0.25) is 0 Å². The summed E-state index contributed by atoms with van der Waals surface area (Å²) < 4.78 is 10.9. The Morgan fingerprint density at radius 1 is 1.46 bits per heavy atom. The van der Waals surface area contributed by atoms with Crippen LogP contribution in [0.2, 0.25) is 0 Å². The fraction of sp³-hybridized carbons (Fsp3) is 1.00. The normalized spacial score (nSPS) is 23.8. The summed E-state index contributed by atoms with van der Waals surface area (Å²) >= 11 is 0. The lowest BCUT2D eigenvalue weighted by Crippen LogP contribution is -2.44. The molecule has 3 nitrogen and oxygen atoms in total. The summed E-state index contributed by atoms with van der Waals surface area (Å²) in [5, 5.41) is 0. The molecule has 78 valence electrons. The van der Waals surface area contributed by atoms with E-state index in [4.69, 9.17) is 15.2 Å². The van der Waals surface area contributed by atoms with E-state index in [0.717, 1.165) is 32.5 Å². The highest BCUT2D eigenvalue weighted by atomic mass is 16.5. The molecule has 0 bridgehead atoms. The molecule has 1 aliphatic rings. The minimum atomic E-state index is -0.136. The summed E-state index contributed by atoms with van der Waals surface area (Å²) in [6.07, 6.45) is 3.23. The van der Waals surface area contributed by atoms with Crippen LogP contribution in [0.4, 0.5) is 0 Å². The Balaban J connectivity index is 2.22. The van der Waals surface area contributed by atoms with Crippen molar-refractivity contribution in [3.8, 4) is 0 Å². The van der Waals surface area contributed by atoms with Crippen LogP contribution in [-0.4, -0.2) is 31.5 Å². The van der Waals surface area contributed by atoms with E-state index >= 15 is 0 Å². The minimum Gasteiger partial charge on any atom is -0.379 e. The van der Waals surface area contributed by atoms with Crippen LogP contribution in [0.5, 0.6) is 0 Å². The Labute approximate surface area is 80.6 Å². The van der Waals surface area contributed by atoms with Crippen molar-refractivity contribution in [1.82, 2.24) is 0 Å². The van der Waals surface area contributed by atoms with Gasteiger partial charge in [0.25, 0.3) is 0 Å². The quantitative estimate of drug-likeness (QED) is 0.705. The lowest BCUT2D eigenvalue weighted by atomic mass is 9.95. The summed E-state index contributed by atoms with van der Waals surface area (Å²) in [5.74, 6) is 0. The topological polar surface area (TPSA) is 44.5 Å². The molecule has 0 aromatic carbocycles. The van der Waals surface area contributed by atoms with E-state index in [1.807, 2.05) is 0 Å². The zero-order chi connectivity index (χ0) is 9.73. The van der Waals surface area contributed by atoms with Crippen molar-refractivity contribution in [2.75, 3.05) is 19.8 Å². The number of hydrogen-bond acceptors (Lipinski definition) is 3. The summed E-state index contributed by atoms with van der Waals surface area (Å²) in [6.45, 7) is 6.45. The van der Waals surface area contributed by atoms with Crippen LogP contribution in [0, 0.1) is 0 Å². The molecule has 1 aliphatic heterocycles. The Kier molecular flexibility index (Phi) is 4.16. The molecule has 1 fully saturated rings. The van der Waals surface area contributed by atoms with Crippen molar-refractivity contribution >= 4 is 0 Å². The second-order valence-corrected chi connectivity index (χ2v) is 3.87. The summed E-state index contributed by atoms with van der Waals surface area (Å²) in [7, 11) is 0. The molecule has 1 rings (SSSR count). The van der Waals surface area contributed by atoms with E-state index in [1.54, 1.807) is 0 Å². The first kappa shape index (κ1) is 11.0. The van der Waals surface area contributed by atoms with Gasteiger partial charge in [-0.2, -0.15) is 0 Å². The molecule has 0 amide bonds. The first-order valence-corrected chi connectivity index (χ1v) is 5.18. The third kappa shape index (κ3) is 3.25. The van der Waals surface area contributed by atoms with Gasteiger partial charge in [-0.05, 0) is 19.3 Å². The van der Waals surface area contributed by atoms with Crippen LogP contribution < -0.4 is 5.73 Å². The highest BCUT2D eigenvalue weighted by Crippen LogP contribution is 2.15. The van der Waals surface area contributed by atoms with Gasteiger partial charge in [0.2, 0.25) is 0 Å². The summed E-state index contributed by atoms with van der Waals surface area (Å²) in [6, 6.07) is 0. The van der Waals surface area contributed by atoms with Crippen molar-refractivity contribution in [2.45, 2.75) is 44.8 Å². The smallest absolute Gasteiger partial charge is 0.0831 e. The first-order valence-electron chi connectivity index (χ1n) is 5.18. The fourth-order valence-electron chi connectivity index (χ4n) is 1.38. The van der Waals surface area contributed by atoms with E-state index in [0.29, 0.717) is 6.61 Å². The molecule has 0 radical (unpaired) electrons. The Bertz CT molecular complexity index is 140. The lowest BCUT2D eigenvalue weighted by molar-refractivity contribution is 0.0116. The maximum Gasteiger partial charge on any atom is 0.0831 e. The first-order chi connectivity index (χ1) is 6.20. The molecule has 1 unspecified atom stereocenters. The third-order valence-electron chi connectivity index (χ3n) is 2.90. The maximum atomic E-state index is 6.11. The molecule has 2 N–H and O–H groups in total. The van der Waals surface area contributed by atoms with Gasteiger partial charge in [-0.15, -0.1) is 0 Å². The Hall–Kier alpha value is -0.120. The van der Waals surface area contributed by atoms with Gasteiger partial charge < -0.3 is 15.2 Å². The predicted molar refractivity (Wildman–Crippen MR) is 52.7 cm³/mol. The van der Waals surface area contributed by atoms with Gasteiger partial charge >= 0.3 is 0 Å². The second kappa shape index (κ2) is 4.94. The van der Waals surface area contributed by atoms with E-state index in [1.165, 1.54) is 0 Å². The maximum absolute atomic E-state index is 6.11. The van der Waals surface area contributed by atoms with Gasteiger partial charge in [0.05, 0.1) is 19.3 Å². The van der Waals surface area contributed by atoms with Crippen LogP contribution >= 0.6 is 0 Å². The molecule has 13 heavy (non-hydrogen) atoms. The van der Waals surface area contributed by atoms with Gasteiger partial charge in [0.15, 0.2) is 0 Å². The van der Waals surface area contributed by atoms with Crippen molar-refractivity contribution in [2.24, 2.45) is 5.73 Å². The van der Waals surface area contributed by atoms with Crippen LogP contribution in [-0.2, 0) is 9.47 Å². The molecule has 3 heteroatoms. The van der Waals surface area contributed by atoms with E-state index in [-0.39, 0.29) is 11.6 Å². The average molecular weight is 187 g/mol. The zero-order valence-corrected chi connectivity index (χ0v) is 8.71. The van der Waals surface area contributed by atoms with Crippen molar-refractivity contribution in [3.05, 3.63) is 0 Å². The monoisotopic (exact) mass is 187 g/mol. The molecular formula is C10H21NO2. The average Bonchev–Trinajstić information content (AvgIpc) is 2.67. The van der Waals surface area contributed by atoms with Crippen molar-refractivity contribution in [3.63, 3.8) is 0 Å². The van der Waals surface area contributed by atoms with Gasteiger partial charge in [-0.25, -0.2) is 0 Å². The minimum absolute atomic E-state index is 0.136. The predicted octanol–water partition coefficient (Wildman–Crippen LogP) is 1.31. The van der Waals surface area contributed by atoms with Gasteiger partial charge in [0, 0.05) is 12.1 Å². The molecule has 1 saturated heterocycles. The largest absolute Gasteiger partial charge is 0.379 e. The molecule has 1 atom stereocenters. The molecular weight excluding hydrogens is 166 g/mol. The van der Waals surface area contributed by atoms with Crippen molar-refractivity contribution in [1.29, 1.82) is 0 Å². The molecule has 0 aromatic rings. The number of rotatable bonds is 5. The second-order valence-electron chi connectivity index (χ2n) is 3.87. The molecule has 0 aliphatic carbocycles.